The fourth-order valence-electron chi connectivity index (χ4n) is 2.29. The first kappa shape index (κ1) is 11.5. The van der Waals surface area contributed by atoms with Crippen LogP contribution in [-0.4, -0.2) is 12.7 Å². The third-order valence-corrected chi connectivity index (χ3v) is 3.09. The van der Waals surface area contributed by atoms with Gasteiger partial charge in [-0.05, 0) is 31.0 Å². The van der Waals surface area contributed by atoms with Crippen LogP contribution in [0.15, 0.2) is 24.3 Å². The Morgan fingerprint density at radius 3 is 2.94 bits per heavy atom. The van der Waals surface area contributed by atoms with Crippen LogP contribution >= 0.6 is 0 Å². The Hall–Kier alpha value is -0.970. The molecular weight excluding hydrogens is 207 g/mol. The van der Waals surface area contributed by atoms with Crippen molar-refractivity contribution in [1.82, 2.24) is 5.43 Å². The van der Waals surface area contributed by atoms with Crippen molar-refractivity contribution < 1.29 is 9.13 Å². The summed E-state index contributed by atoms with van der Waals surface area (Å²) in [7, 11) is 0. The van der Waals surface area contributed by atoms with E-state index in [0.29, 0.717) is 12.5 Å². The van der Waals surface area contributed by atoms with Crippen molar-refractivity contribution in [3.63, 3.8) is 0 Å². The minimum absolute atomic E-state index is 0.0411. The molecule has 0 aromatic heterocycles. The van der Waals surface area contributed by atoms with Crippen LogP contribution in [0.2, 0.25) is 0 Å². The van der Waals surface area contributed by atoms with Gasteiger partial charge in [0.15, 0.2) is 0 Å². The predicted molar refractivity (Wildman–Crippen MR) is 60.0 cm³/mol. The molecule has 1 aliphatic heterocycles. The highest BCUT2D eigenvalue weighted by molar-refractivity contribution is 5.21. The zero-order valence-corrected chi connectivity index (χ0v) is 9.32. The van der Waals surface area contributed by atoms with E-state index in [1.165, 1.54) is 12.1 Å². The van der Waals surface area contributed by atoms with E-state index in [9.17, 15) is 4.39 Å². The summed E-state index contributed by atoms with van der Waals surface area (Å²) >= 11 is 0. The molecule has 16 heavy (non-hydrogen) atoms. The number of rotatable bonds is 3. The molecule has 1 aromatic carbocycles. The molecule has 1 aliphatic rings. The van der Waals surface area contributed by atoms with Crippen molar-refractivity contribution in [2.75, 3.05) is 6.61 Å². The highest BCUT2D eigenvalue weighted by Crippen LogP contribution is 2.31. The molecule has 0 saturated carbocycles. The number of hydrogen-bond donors (Lipinski definition) is 2. The first-order valence-corrected chi connectivity index (χ1v) is 5.54. The van der Waals surface area contributed by atoms with Crippen LogP contribution in [0.4, 0.5) is 4.39 Å². The van der Waals surface area contributed by atoms with Gasteiger partial charge in [0, 0.05) is 5.92 Å². The summed E-state index contributed by atoms with van der Waals surface area (Å²) in [6.07, 6.45) is 1.21. The lowest BCUT2D eigenvalue weighted by Gasteiger charge is -2.22. The molecule has 1 fully saturated rings. The highest BCUT2D eigenvalue weighted by Gasteiger charge is 2.30. The van der Waals surface area contributed by atoms with Crippen LogP contribution < -0.4 is 11.3 Å². The third-order valence-electron chi connectivity index (χ3n) is 3.09. The Balaban J connectivity index is 2.16. The average molecular weight is 224 g/mol. The van der Waals surface area contributed by atoms with Gasteiger partial charge in [-0.3, -0.25) is 11.3 Å². The zero-order valence-electron chi connectivity index (χ0n) is 9.32. The summed E-state index contributed by atoms with van der Waals surface area (Å²) in [5, 5.41) is 0. The number of nitrogens with one attached hydrogen (secondary N) is 1. The van der Waals surface area contributed by atoms with Gasteiger partial charge < -0.3 is 4.74 Å². The highest BCUT2D eigenvalue weighted by atomic mass is 19.1. The van der Waals surface area contributed by atoms with Gasteiger partial charge in [0.1, 0.15) is 5.82 Å². The number of hydrogen-bond acceptors (Lipinski definition) is 3. The van der Waals surface area contributed by atoms with E-state index < -0.39 is 0 Å². The fourth-order valence-corrected chi connectivity index (χ4v) is 2.29. The quantitative estimate of drug-likeness (QED) is 0.607. The lowest BCUT2D eigenvalue weighted by atomic mass is 9.91. The molecule has 88 valence electrons. The molecule has 0 bridgehead atoms. The van der Waals surface area contributed by atoms with Gasteiger partial charge in [-0.15, -0.1) is 0 Å². The summed E-state index contributed by atoms with van der Waals surface area (Å²) in [5.41, 5.74) is 3.64. The SMILES string of the molecule is CC1CC(C(NN)c2cccc(F)c2)CO1. The minimum Gasteiger partial charge on any atom is -0.378 e. The Morgan fingerprint density at radius 1 is 1.56 bits per heavy atom. The van der Waals surface area contributed by atoms with Crippen molar-refractivity contribution >= 4 is 0 Å². The Kier molecular flexibility index (Phi) is 3.53. The lowest BCUT2D eigenvalue weighted by molar-refractivity contribution is 0.117. The second-order valence-corrected chi connectivity index (χ2v) is 4.34. The second-order valence-electron chi connectivity index (χ2n) is 4.34. The molecule has 1 heterocycles. The fraction of sp³-hybridized carbons (Fsp3) is 0.500. The maximum absolute atomic E-state index is 13.1. The topological polar surface area (TPSA) is 47.3 Å². The van der Waals surface area contributed by atoms with E-state index >= 15 is 0 Å². The van der Waals surface area contributed by atoms with Crippen molar-refractivity contribution in [1.29, 1.82) is 0 Å². The largest absolute Gasteiger partial charge is 0.378 e. The van der Waals surface area contributed by atoms with Crippen molar-refractivity contribution in [3.8, 4) is 0 Å². The molecule has 3 unspecified atom stereocenters. The van der Waals surface area contributed by atoms with Gasteiger partial charge in [-0.2, -0.15) is 0 Å². The van der Waals surface area contributed by atoms with Gasteiger partial charge in [0.25, 0.3) is 0 Å². The van der Waals surface area contributed by atoms with Gasteiger partial charge in [0.05, 0.1) is 18.8 Å². The number of benzene rings is 1. The van der Waals surface area contributed by atoms with Crippen molar-refractivity contribution in [2.45, 2.75) is 25.5 Å². The minimum atomic E-state index is -0.232. The standard InChI is InChI=1S/C12H17FN2O/c1-8-5-10(7-16-8)12(15-14)9-3-2-4-11(13)6-9/h2-4,6,8,10,12,15H,5,7,14H2,1H3. The van der Waals surface area contributed by atoms with Crippen LogP contribution in [0.5, 0.6) is 0 Å². The van der Waals surface area contributed by atoms with Crippen LogP contribution in [0.1, 0.15) is 24.9 Å². The summed E-state index contributed by atoms with van der Waals surface area (Å²) in [6, 6.07) is 6.50. The van der Waals surface area contributed by atoms with Gasteiger partial charge in [0.2, 0.25) is 0 Å². The molecule has 4 heteroatoms. The normalized spacial score (nSPS) is 26.9. The van der Waals surface area contributed by atoms with Crippen LogP contribution in [0, 0.1) is 11.7 Å². The zero-order chi connectivity index (χ0) is 11.5. The smallest absolute Gasteiger partial charge is 0.123 e. The lowest BCUT2D eigenvalue weighted by Crippen LogP contribution is -2.34. The Bertz CT molecular complexity index is 359. The molecule has 0 radical (unpaired) electrons. The Labute approximate surface area is 94.8 Å². The maximum Gasteiger partial charge on any atom is 0.123 e. The molecule has 3 atom stereocenters. The number of halogens is 1. The van der Waals surface area contributed by atoms with Gasteiger partial charge >= 0.3 is 0 Å². The van der Waals surface area contributed by atoms with Gasteiger partial charge in [-0.1, -0.05) is 12.1 Å². The molecule has 0 amide bonds. The van der Waals surface area contributed by atoms with Crippen molar-refractivity contribution in [3.05, 3.63) is 35.6 Å². The summed E-state index contributed by atoms with van der Waals surface area (Å²) in [5.74, 6) is 5.63. The monoisotopic (exact) mass is 224 g/mol. The van der Waals surface area contributed by atoms with E-state index in [1.54, 1.807) is 6.07 Å². The Morgan fingerprint density at radius 2 is 2.38 bits per heavy atom. The van der Waals surface area contributed by atoms with Crippen LogP contribution in [0.25, 0.3) is 0 Å². The summed E-state index contributed by atoms with van der Waals surface area (Å²) in [4.78, 5) is 0. The second kappa shape index (κ2) is 4.91. The summed E-state index contributed by atoms with van der Waals surface area (Å²) in [6.45, 7) is 2.71. The predicted octanol–water partition coefficient (Wildman–Crippen LogP) is 1.76. The van der Waals surface area contributed by atoms with Crippen molar-refractivity contribution in [2.24, 2.45) is 11.8 Å². The maximum atomic E-state index is 13.1. The number of hydrazine groups is 1. The third kappa shape index (κ3) is 2.40. The van der Waals surface area contributed by atoms with E-state index in [1.807, 2.05) is 13.0 Å². The molecular formula is C12H17FN2O. The molecule has 3 nitrogen and oxygen atoms in total. The van der Waals surface area contributed by atoms with E-state index in [0.717, 1.165) is 12.0 Å². The first-order valence-electron chi connectivity index (χ1n) is 5.54. The van der Waals surface area contributed by atoms with E-state index in [2.05, 4.69) is 5.43 Å². The molecule has 0 spiro atoms. The molecule has 1 saturated heterocycles. The van der Waals surface area contributed by atoms with E-state index in [4.69, 9.17) is 10.6 Å². The average Bonchev–Trinajstić information content (AvgIpc) is 2.66. The van der Waals surface area contributed by atoms with Gasteiger partial charge in [-0.25, -0.2) is 4.39 Å². The van der Waals surface area contributed by atoms with Crippen LogP contribution in [-0.2, 0) is 4.74 Å². The molecule has 1 aromatic rings. The molecule has 3 N–H and O–H groups in total. The number of nitrogens with two attached hydrogens (primary N) is 1. The molecule has 0 aliphatic carbocycles. The van der Waals surface area contributed by atoms with E-state index in [-0.39, 0.29) is 18.0 Å². The first-order chi connectivity index (χ1) is 7.70. The number of ether oxygens (including phenoxy) is 1. The summed E-state index contributed by atoms with van der Waals surface area (Å²) < 4.78 is 18.6. The molecule has 2 rings (SSSR count). The van der Waals surface area contributed by atoms with Crippen LogP contribution in [0.3, 0.4) is 0 Å².